The van der Waals surface area contributed by atoms with E-state index in [1.54, 1.807) is 25.1 Å². The van der Waals surface area contributed by atoms with E-state index in [0.29, 0.717) is 11.2 Å². The molecule has 1 aliphatic rings. The van der Waals surface area contributed by atoms with Crippen molar-refractivity contribution in [3.8, 4) is 5.88 Å². The number of hydrogen-bond acceptors (Lipinski definition) is 4. The fraction of sp³-hybridized carbons (Fsp3) is 0.188. The lowest BCUT2D eigenvalue weighted by Gasteiger charge is -2.27. The van der Waals surface area contributed by atoms with Gasteiger partial charge in [0.15, 0.2) is 0 Å². The first kappa shape index (κ1) is 14.8. The number of carbonyl (C=O) groups excluding carboxylic acids is 2. The van der Waals surface area contributed by atoms with Crippen LogP contribution in [0.15, 0.2) is 41.6 Å². The normalized spacial score (nSPS) is 17.7. The zero-order valence-corrected chi connectivity index (χ0v) is 12.5. The Bertz CT molecular complexity index is 844. The first-order valence-corrected chi connectivity index (χ1v) is 6.94. The van der Waals surface area contributed by atoms with Crippen LogP contribution in [0.2, 0.25) is 0 Å². The lowest BCUT2D eigenvalue weighted by atomic mass is 9.95. The Hall–Kier alpha value is -3.09. The van der Waals surface area contributed by atoms with E-state index in [0.717, 1.165) is 5.39 Å². The molecule has 1 aliphatic heterocycles. The van der Waals surface area contributed by atoms with Gasteiger partial charge in [-0.3, -0.25) is 5.11 Å². The molecule has 0 spiro atoms. The van der Waals surface area contributed by atoms with Crippen molar-refractivity contribution in [1.82, 2.24) is 15.6 Å². The lowest BCUT2D eigenvalue weighted by Crippen LogP contribution is -2.45. The van der Waals surface area contributed by atoms with Crippen molar-refractivity contribution < 1.29 is 19.4 Å². The summed E-state index contributed by atoms with van der Waals surface area (Å²) in [6.07, 6.45) is 0. The molecule has 0 aliphatic carbocycles. The maximum atomic E-state index is 12.3. The maximum absolute atomic E-state index is 12.3. The first-order valence-electron chi connectivity index (χ1n) is 6.94. The monoisotopic (exact) mass is 312 g/mol. The van der Waals surface area contributed by atoms with Crippen LogP contribution in [-0.2, 0) is 14.6 Å². The summed E-state index contributed by atoms with van der Waals surface area (Å²) in [4.78, 5) is 27.8. The second-order valence-corrected chi connectivity index (χ2v) is 5.14. The number of rotatable bonds is 2. The Balaban J connectivity index is 2.18. The summed E-state index contributed by atoms with van der Waals surface area (Å²) in [6.45, 7) is 1.58. The molecular formula is C16H14N3O4. The molecule has 1 atom stereocenters. The summed E-state index contributed by atoms with van der Waals surface area (Å²) >= 11 is 0. The number of ether oxygens (including phenoxy) is 1. The van der Waals surface area contributed by atoms with Crippen LogP contribution in [0.4, 0.5) is 4.79 Å². The highest BCUT2D eigenvalue weighted by Gasteiger charge is 2.34. The van der Waals surface area contributed by atoms with Gasteiger partial charge in [0.05, 0.1) is 24.2 Å². The third kappa shape index (κ3) is 2.57. The van der Waals surface area contributed by atoms with E-state index in [9.17, 15) is 14.7 Å². The van der Waals surface area contributed by atoms with E-state index in [4.69, 9.17) is 4.74 Å². The van der Waals surface area contributed by atoms with Crippen molar-refractivity contribution in [3.63, 3.8) is 0 Å². The Labute approximate surface area is 132 Å². The molecule has 2 aromatic rings. The molecule has 117 valence electrons. The number of carbonyl (C=O) groups is 2. The molecule has 3 rings (SSSR count). The van der Waals surface area contributed by atoms with Crippen LogP contribution in [0.5, 0.6) is 5.88 Å². The molecule has 0 saturated heterocycles. The van der Waals surface area contributed by atoms with Crippen molar-refractivity contribution in [2.24, 2.45) is 0 Å². The number of nitrogens with zero attached hydrogens (tertiary/aromatic N) is 1. The van der Waals surface area contributed by atoms with Gasteiger partial charge in [-0.1, -0.05) is 18.2 Å². The number of para-hydroxylation sites is 1. The summed E-state index contributed by atoms with van der Waals surface area (Å²) in [6, 6.07) is 7.38. The molecular weight excluding hydrogens is 298 g/mol. The number of pyridine rings is 1. The van der Waals surface area contributed by atoms with Gasteiger partial charge in [-0.25, -0.2) is 14.6 Å². The molecule has 0 fully saturated rings. The minimum atomic E-state index is -0.902. The molecule has 2 N–H and O–H groups in total. The van der Waals surface area contributed by atoms with Gasteiger partial charge in [-0.05, 0) is 19.1 Å². The van der Waals surface area contributed by atoms with Gasteiger partial charge in [0, 0.05) is 16.6 Å². The molecule has 2 amide bonds. The van der Waals surface area contributed by atoms with Crippen molar-refractivity contribution >= 4 is 22.9 Å². The van der Waals surface area contributed by atoms with E-state index in [2.05, 4.69) is 15.6 Å². The van der Waals surface area contributed by atoms with Crippen molar-refractivity contribution in [2.75, 3.05) is 7.11 Å². The quantitative estimate of drug-likeness (QED) is 0.830. The van der Waals surface area contributed by atoms with Crippen LogP contribution in [0, 0.1) is 0 Å². The van der Waals surface area contributed by atoms with E-state index < -0.39 is 23.9 Å². The minimum Gasteiger partial charge on any atom is -0.466 e. The van der Waals surface area contributed by atoms with Crippen LogP contribution in [-0.4, -0.2) is 24.1 Å². The number of allylic oxidation sites excluding steroid dienone is 1. The van der Waals surface area contributed by atoms with Gasteiger partial charge in [-0.15, -0.1) is 0 Å². The second kappa shape index (κ2) is 5.60. The largest absolute Gasteiger partial charge is 0.466 e. The highest BCUT2D eigenvalue weighted by Crippen LogP contribution is 2.34. The average Bonchev–Trinajstić information content (AvgIpc) is 2.52. The summed E-state index contributed by atoms with van der Waals surface area (Å²) < 4.78 is 4.76. The average molecular weight is 312 g/mol. The minimum absolute atomic E-state index is 0.182. The van der Waals surface area contributed by atoms with Crippen LogP contribution >= 0.6 is 0 Å². The molecule has 1 radical (unpaired) electrons. The first-order chi connectivity index (χ1) is 11.0. The Morgan fingerprint density at radius 1 is 1.30 bits per heavy atom. The maximum Gasteiger partial charge on any atom is 0.337 e. The zero-order valence-electron chi connectivity index (χ0n) is 12.5. The van der Waals surface area contributed by atoms with Crippen molar-refractivity contribution in [1.29, 1.82) is 0 Å². The van der Waals surface area contributed by atoms with Gasteiger partial charge in [0.2, 0.25) is 0 Å². The molecule has 23 heavy (non-hydrogen) atoms. The van der Waals surface area contributed by atoms with Crippen LogP contribution in [0.25, 0.3) is 10.9 Å². The molecule has 1 unspecified atom stereocenters. The Morgan fingerprint density at radius 3 is 2.78 bits per heavy atom. The fourth-order valence-corrected chi connectivity index (χ4v) is 2.63. The van der Waals surface area contributed by atoms with E-state index in [-0.39, 0.29) is 11.1 Å². The SMILES string of the molecule is COC(=O)C1=C(C)NC(=O)NC1c1cc2ccccc2nc1[O]. The molecule has 7 nitrogen and oxygen atoms in total. The number of esters is 1. The highest BCUT2D eigenvalue weighted by molar-refractivity contribution is 5.95. The van der Waals surface area contributed by atoms with Gasteiger partial charge in [0.25, 0.3) is 5.88 Å². The smallest absolute Gasteiger partial charge is 0.337 e. The molecule has 1 aromatic heterocycles. The molecule has 1 aromatic carbocycles. The molecule has 0 bridgehead atoms. The zero-order chi connectivity index (χ0) is 16.6. The number of urea groups is 1. The van der Waals surface area contributed by atoms with E-state index >= 15 is 0 Å². The third-order valence-corrected chi connectivity index (χ3v) is 3.70. The lowest BCUT2D eigenvalue weighted by molar-refractivity contribution is -0.136. The summed E-state index contributed by atoms with van der Waals surface area (Å²) in [7, 11) is 1.24. The standard InChI is InChI=1S/C16H14N3O4/c1-8-12(15(21)23-2)13(19-16(22)17-8)10-7-9-5-3-4-6-11(9)18-14(10)20/h3-7,13H,1-2H3,(H2,17,19,22). The predicted octanol–water partition coefficient (Wildman–Crippen LogP) is 2.18. The summed E-state index contributed by atoms with van der Waals surface area (Å²) in [5, 5.41) is 18.2. The number of fused-ring (bicyclic) bond motifs is 1. The number of aromatic nitrogens is 1. The van der Waals surface area contributed by atoms with Crippen LogP contribution < -0.4 is 10.6 Å². The predicted molar refractivity (Wildman–Crippen MR) is 81.0 cm³/mol. The number of benzene rings is 1. The molecule has 2 heterocycles. The second-order valence-electron chi connectivity index (χ2n) is 5.14. The van der Waals surface area contributed by atoms with Gasteiger partial charge >= 0.3 is 12.0 Å². The van der Waals surface area contributed by atoms with E-state index in [1.807, 2.05) is 12.1 Å². The topological polar surface area (TPSA) is 100 Å². The third-order valence-electron chi connectivity index (χ3n) is 3.70. The van der Waals surface area contributed by atoms with Crippen molar-refractivity contribution in [2.45, 2.75) is 13.0 Å². The summed E-state index contributed by atoms with van der Waals surface area (Å²) in [5.74, 6) is -1.11. The Morgan fingerprint density at radius 2 is 2.04 bits per heavy atom. The molecule has 0 saturated carbocycles. The number of amides is 2. The number of nitrogens with one attached hydrogen (secondary N) is 2. The Kier molecular flexibility index (Phi) is 3.61. The summed E-state index contributed by atoms with van der Waals surface area (Å²) in [5.41, 5.74) is 1.31. The number of methoxy groups -OCH3 is 1. The van der Waals surface area contributed by atoms with Gasteiger partial charge < -0.3 is 15.4 Å². The van der Waals surface area contributed by atoms with Crippen molar-refractivity contribution in [3.05, 3.63) is 47.2 Å². The van der Waals surface area contributed by atoms with E-state index in [1.165, 1.54) is 7.11 Å². The van der Waals surface area contributed by atoms with Crippen LogP contribution in [0.1, 0.15) is 18.5 Å². The molecule has 7 heteroatoms. The van der Waals surface area contributed by atoms with Gasteiger partial charge in [0.1, 0.15) is 0 Å². The fourth-order valence-electron chi connectivity index (χ4n) is 2.63. The van der Waals surface area contributed by atoms with Gasteiger partial charge in [-0.2, -0.15) is 0 Å². The number of hydrogen-bond donors (Lipinski definition) is 2. The highest BCUT2D eigenvalue weighted by atomic mass is 16.5. The van der Waals surface area contributed by atoms with Crippen LogP contribution in [0.3, 0.4) is 0 Å².